The Morgan fingerprint density at radius 2 is 2.40 bits per heavy atom. The van der Waals surface area contributed by atoms with Crippen LogP contribution in [0.3, 0.4) is 0 Å². The Balaban J connectivity index is 2.86. The van der Waals surface area contributed by atoms with Gasteiger partial charge in [0.1, 0.15) is 6.42 Å². The SMILES string of the molecule is C#CCC#[NH+]. The molecule has 0 bridgehead atoms. The lowest BCUT2D eigenvalue weighted by Gasteiger charge is -1.44. The molecule has 1 heteroatoms. The molecule has 1 N–H and O–H groups in total. The Kier molecular flexibility index (Phi) is 2.47. The third kappa shape index (κ3) is 3.05. The van der Waals surface area contributed by atoms with Crippen molar-refractivity contribution in [3.63, 3.8) is 0 Å². The van der Waals surface area contributed by atoms with E-state index in [4.69, 9.17) is 11.7 Å². The first-order valence-corrected chi connectivity index (χ1v) is 1.25. The zero-order valence-electron chi connectivity index (χ0n) is 2.78. The second-order valence-corrected chi connectivity index (χ2v) is 0.558. The van der Waals surface area contributed by atoms with Crippen LogP contribution < -0.4 is 5.26 Å². The Labute approximate surface area is 31.2 Å². The van der Waals surface area contributed by atoms with Crippen molar-refractivity contribution in [3.05, 3.63) is 0 Å². The van der Waals surface area contributed by atoms with Crippen LogP contribution in [0.1, 0.15) is 6.42 Å². The van der Waals surface area contributed by atoms with E-state index in [9.17, 15) is 0 Å². The van der Waals surface area contributed by atoms with Gasteiger partial charge in [0, 0.05) is 0 Å². The van der Waals surface area contributed by atoms with Crippen LogP contribution in [0.5, 0.6) is 0 Å². The summed E-state index contributed by atoms with van der Waals surface area (Å²) < 4.78 is 0. The van der Waals surface area contributed by atoms with Gasteiger partial charge in [-0.05, 0) is 0 Å². The van der Waals surface area contributed by atoms with E-state index in [2.05, 4.69) is 5.92 Å². The fourth-order valence-electron chi connectivity index (χ4n) is 0.0510. The lowest BCUT2D eigenvalue weighted by atomic mass is 10.5. The molecule has 0 aliphatic heterocycles. The standard InChI is InChI=1S/C4H3N/c1-2-3-4-5/h1H,3H2/p+1. The summed E-state index contributed by atoms with van der Waals surface area (Å²) in [4.78, 5) is 0. The highest BCUT2D eigenvalue weighted by Gasteiger charge is 1.65. The molecule has 0 aromatic rings. The number of terminal acetylenes is 1. The molecule has 0 saturated carbocycles. The summed E-state index contributed by atoms with van der Waals surface area (Å²) in [5.74, 6) is 2.22. The molecule has 0 heterocycles. The zero-order valence-corrected chi connectivity index (χ0v) is 2.78. The molecule has 0 aromatic heterocycles. The molecular formula is C4H4N+. The smallest absolute Gasteiger partial charge is 0.119 e. The van der Waals surface area contributed by atoms with Gasteiger partial charge in [-0.3, -0.25) is 0 Å². The molecule has 24 valence electrons. The molecule has 0 fully saturated rings. The van der Waals surface area contributed by atoms with E-state index in [1.807, 2.05) is 6.07 Å². The Morgan fingerprint density at radius 3 is 2.40 bits per heavy atom. The molecule has 1 nitrogen and oxygen atoms in total. The summed E-state index contributed by atoms with van der Waals surface area (Å²) >= 11 is 0. The van der Waals surface area contributed by atoms with Crippen LogP contribution in [0.2, 0.25) is 0 Å². The summed E-state index contributed by atoms with van der Waals surface area (Å²) in [6.45, 7) is 0. The van der Waals surface area contributed by atoms with Crippen molar-refractivity contribution < 1.29 is 5.26 Å². The van der Waals surface area contributed by atoms with Crippen LogP contribution in [0, 0.1) is 18.4 Å². The molecule has 0 aliphatic carbocycles. The Morgan fingerprint density at radius 1 is 1.80 bits per heavy atom. The summed E-state index contributed by atoms with van der Waals surface area (Å²) in [6, 6.07) is 2.03. The third-order valence-corrected chi connectivity index (χ3v) is 0.190. The Hall–Kier alpha value is -0.950. The fourth-order valence-corrected chi connectivity index (χ4v) is 0.0510. The lowest BCUT2D eigenvalue weighted by molar-refractivity contribution is -0.0937. The second kappa shape index (κ2) is 3.05. The topological polar surface area (TPSA) is 23.8 Å². The molecule has 0 radical (unpaired) electrons. The normalized spacial score (nSPS) is 4.40. The van der Waals surface area contributed by atoms with E-state index in [0.29, 0.717) is 6.42 Å². The quantitative estimate of drug-likeness (QED) is 0.343. The highest BCUT2D eigenvalue weighted by molar-refractivity contribution is 4.93. The van der Waals surface area contributed by atoms with Gasteiger partial charge in [0.2, 0.25) is 0 Å². The van der Waals surface area contributed by atoms with Crippen molar-refractivity contribution in [2.24, 2.45) is 0 Å². The van der Waals surface area contributed by atoms with Crippen molar-refractivity contribution in [1.82, 2.24) is 0 Å². The summed E-state index contributed by atoms with van der Waals surface area (Å²) in [7, 11) is 0. The van der Waals surface area contributed by atoms with Crippen molar-refractivity contribution in [3.8, 4) is 18.4 Å². The molecule has 0 amide bonds. The van der Waals surface area contributed by atoms with Gasteiger partial charge in [0.15, 0.2) is 0 Å². The van der Waals surface area contributed by atoms with Crippen LogP contribution in [-0.4, -0.2) is 0 Å². The molecular weight excluding hydrogens is 62.1 g/mol. The average Bonchev–Trinajstić information content (AvgIpc) is 1.41. The first-order chi connectivity index (χ1) is 2.41. The van der Waals surface area contributed by atoms with Crippen molar-refractivity contribution in [2.45, 2.75) is 6.42 Å². The predicted molar refractivity (Wildman–Crippen MR) is 18.3 cm³/mol. The van der Waals surface area contributed by atoms with E-state index in [1.54, 1.807) is 0 Å². The minimum absolute atomic E-state index is 0.333. The van der Waals surface area contributed by atoms with Gasteiger partial charge in [0.25, 0.3) is 6.07 Å². The molecule has 0 rings (SSSR count). The zero-order chi connectivity index (χ0) is 4.12. The van der Waals surface area contributed by atoms with Crippen LogP contribution >= 0.6 is 0 Å². The first kappa shape index (κ1) is 4.05. The van der Waals surface area contributed by atoms with E-state index in [-0.39, 0.29) is 0 Å². The van der Waals surface area contributed by atoms with E-state index in [0.717, 1.165) is 0 Å². The van der Waals surface area contributed by atoms with Crippen LogP contribution in [0.4, 0.5) is 0 Å². The lowest BCUT2D eigenvalue weighted by Crippen LogP contribution is -2.16. The summed E-state index contributed by atoms with van der Waals surface area (Å²) in [6.07, 6.45) is 5.04. The number of nitrogens with one attached hydrogen (secondary N) is 1. The third-order valence-electron chi connectivity index (χ3n) is 0.190. The van der Waals surface area contributed by atoms with Gasteiger partial charge in [-0.1, -0.05) is 5.92 Å². The molecule has 5 heavy (non-hydrogen) atoms. The maximum Gasteiger partial charge on any atom is 0.283 e. The predicted octanol–water partition coefficient (Wildman–Crippen LogP) is -1.22. The van der Waals surface area contributed by atoms with Gasteiger partial charge < -0.3 is 0 Å². The summed E-state index contributed by atoms with van der Waals surface area (Å²) in [5, 5.41) is 6.21. The number of hydrogen-bond donors (Lipinski definition) is 1. The first-order valence-electron chi connectivity index (χ1n) is 1.25. The van der Waals surface area contributed by atoms with Crippen LogP contribution in [-0.2, 0) is 0 Å². The fraction of sp³-hybridized carbons (Fsp3) is 0.250. The average molecular weight is 66.1 g/mol. The monoisotopic (exact) mass is 66.0 g/mol. The van der Waals surface area contributed by atoms with Crippen LogP contribution in [0.15, 0.2) is 0 Å². The van der Waals surface area contributed by atoms with Crippen molar-refractivity contribution >= 4 is 0 Å². The summed E-state index contributed by atoms with van der Waals surface area (Å²) in [5.41, 5.74) is 0. The minimum atomic E-state index is 0.333. The largest absolute Gasteiger partial charge is 0.283 e. The highest BCUT2D eigenvalue weighted by atomic mass is 14.2. The van der Waals surface area contributed by atoms with E-state index in [1.165, 1.54) is 0 Å². The molecule has 0 saturated heterocycles. The molecule has 0 spiro atoms. The number of hydrogen-bond acceptors (Lipinski definition) is 0. The van der Waals surface area contributed by atoms with Crippen molar-refractivity contribution in [2.75, 3.05) is 0 Å². The van der Waals surface area contributed by atoms with E-state index < -0.39 is 0 Å². The molecule has 0 aliphatic rings. The van der Waals surface area contributed by atoms with Gasteiger partial charge in [0.05, 0.1) is 0 Å². The Bertz CT molecular complexity index is 68.8. The van der Waals surface area contributed by atoms with Gasteiger partial charge in [-0.15, -0.1) is 11.7 Å². The second-order valence-electron chi connectivity index (χ2n) is 0.558. The molecule has 0 aromatic carbocycles. The maximum atomic E-state index is 6.21. The van der Waals surface area contributed by atoms with E-state index >= 15 is 0 Å². The highest BCUT2D eigenvalue weighted by Crippen LogP contribution is 1.57. The molecule has 0 atom stereocenters. The van der Waals surface area contributed by atoms with Gasteiger partial charge >= 0.3 is 0 Å². The minimum Gasteiger partial charge on any atom is -0.119 e. The van der Waals surface area contributed by atoms with Crippen LogP contribution in [0.25, 0.3) is 0 Å². The van der Waals surface area contributed by atoms with Gasteiger partial charge in [-0.2, -0.15) is 0 Å². The molecule has 0 unspecified atom stereocenters. The number of rotatable bonds is 0. The maximum absolute atomic E-state index is 6.21. The van der Waals surface area contributed by atoms with Gasteiger partial charge in [-0.25, -0.2) is 0 Å². The van der Waals surface area contributed by atoms with Crippen molar-refractivity contribution in [1.29, 1.82) is 0 Å².